The van der Waals surface area contributed by atoms with Crippen molar-refractivity contribution in [1.29, 1.82) is 0 Å². The number of guanidine groups is 1. The third-order valence-electron chi connectivity index (χ3n) is 4.32. The molecular weight excluding hydrogens is 329 g/mol. The molecule has 3 rings (SSSR count). The van der Waals surface area contributed by atoms with Gasteiger partial charge in [-0.1, -0.05) is 24.3 Å². The Morgan fingerprint density at radius 1 is 1.19 bits per heavy atom. The van der Waals surface area contributed by atoms with E-state index in [-0.39, 0.29) is 5.82 Å². The van der Waals surface area contributed by atoms with Crippen LogP contribution in [0.25, 0.3) is 11.0 Å². The van der Waals surface area contributed by atoms with Crippen molar-refractivity contribution in [2.45, 2.75) is 26.4 Å². The Balaban J connectivity index is 1.45. The molecule has 0 aliphatic rings. The van der Waals surface area contributed by atoms with Crippen LogP contribution in [0.3, 0.4) is 0 Å². The van der Waals surface area contributed by atoms with Crippen molar-refractivity contribution in [2.24, 2.45) is 4.99 Å². The average molecular weight is 353 g/mol. The van der Waals surface area contributed by atoms with Gasteiger partial charge < -0.3 is 15.2 Å². The molecule has 0 atom stereocenters. The first-order valence-electron chi connectivity index (χ1n) is 8.77. The number of aliphatic imine (C=N–C) groups is 1. The fourth-order valence-electron chi connectivity index (χ4n) is 2.80. The number of fused-ring (bicyclic) bond motifs is 1. The third kappa shape index (κ3) is 4.39. The van der Waals surface area contributed by atoms with Gasteiger partial charge in [0.15, 0.2) is 5.96 Å². The van der Waals surface area contributed by atoms with Crippen molar-refractivity contribution in [3.63, 3.8) is 0 Å². The molecule has 0 radical (unpaired) electrons. The topological polar surface area (TPSA) is 54.2 Å². The summed E-state index contributed by atoms with van der Waals surface area (Å²) < 4.78 is 15.8. The smallest absolute Gasteiger partial charge is 0.191 e. The van der Waals surface area contributed by atoms with Gasteiger partial charge in [-0.25, -0.2) is 9.37 Å². The van der Waals surface area contributed by atoms with E-state index in [1.165, 1.54) is 0 Å². The molecule has 0 saturated carbocycles. The van der Waals surface area contributed by atoms with Crippen molar-refractivity contribution >= 4 is 17.0 Å². The normalized spacial score (nSPS) is 11.7. The second kappa shape index (κ2) is 8.47. The van der Waals surface area contributed by atoms with E-state index in [0.29, 0.717) is 18.1 Å². The van der Waals surface area contributed by atoms with Crippen LogP contribution >= 0.6 is 0 Å². The Labute approximate surface area is 153 Å². The van der Waals surface area contributed by atoms with Crippen LogP contribution < -0.4 is 10.6 Å². The lowest BCUT2D eigenvalue weighted by Gasteiger charge is -2.12. The molecule has 0 unspecified atom stereocenters. The Hall–Kier alpha value is -2.89. The predicted octanol–water partition coefficient (Wildman–Crippen LogP) is 3.24. The number of aryl methyl sites for hydroxylation is 2. The average Bonchev–Trinajstić information content (AvgIpc) is 3.07. The highest BCUT2D eigenvalue weighted by Gasteiger charge is 2.03. The molecule has 3 aromatic rings. The van der Waals surface area contributed by atoms with Crippen LogP contribution in [0.2, 0.25) is 0 Å². The van der Waals surface area contributed by atoms with Gasteiger partial charge in [-0.05, 0) is 42.7 Å². The van der Waals surface area contributed by atoms with E-state index in [4.69, 9.17) is 0 Å². The summed E-state index contributed by atoms with van der Waals surface area (Å²) in [5.41, 5.74) is 3.71. The van der Waals surface area contributed by atoms with Crippen molar-refractivity contribution in [1.82, 2.24) is 20.2 Å². The number of rotatable bonds is 6. The zero-order valence-electron chi connectivity index (χ0n) is 15.2. The number of imidazole rings is 1. The molecule has 0 saturated heterocycles. The molecule has 0 aliphatic heterocycles. The Morgan fingerprint density at radius 3 is 2.85 bits per heavy atom. The highest BCUT2D eigenvalue weighted by Crippen LogP contribution is 2.12. The van der Waals surface area contributed by atoms with E-state index in [1.54, 1.807) is 26.1 Å². The monoisotopic (exact) mass is 353 g/mol. The summed E-state index contributed by atoms with van der Waals surface area (Å²) in [5, 5.41) is 6.50. The molecule has 1 heterocycles. The predicted molar refractivity (Wildman–Crippen MR) is 104 cm³/mol. The molecular formula is C20H24FN5. The van der Waals surface area contributed by atoms with Crippen LogP contribution in [0.15, 0.2) is 53.8 Å². The highest BCUT2D eigenvalue weighted by atomic mass is 19.1. The van der Waals surface area contributed by atoms with Gasteiger partial charge in [0.05, 0.1) is 17.4 Å². The van der Waals surface area contributed by atoms with Gasteiger partial charge in [0.25, 0.3) is 0 Å². The van der Waals surface area contributed by atoms with Gasteiger partial charge in [0.1, 0.15) is 5.82 Å². The summed E-state index contributed by atoms with van der Waals surface area (Å²) in [6, 6.07) is 13.4. The van der Waals surface area contributed by atoms with Gasteiger partial charge in [0, 0.05) is 26.7 Å². The van der Waals surface area contributed by atoms with E-state index < -0.39 is 0 Å². The lowest BCUT2D eigenvalue weighted by molar-refractivity contribution is 0.614. The molecule has 0 fully saturated rings. The summed E-state index contributed by atoms with van der Waals surface area (Å²) in [6.07, 6.45) is 2.82. The number of aromatic nitrogens is 2. The van der Waals surface area contributed by atoms with Crippen LogP contribution in [0.5, 0.6) is 0 Å². The number of hydrogen-bond acceptors (Lipinski definition) is 2. The van der Waals surface area contributed by atoms with E-state index >= 15 is 0 Å². The number of nitrogens with zero attached hydrogens (tertiary/aromatic N) is 3. The SMILES string of the molecule is CN=C(NCCCn1cnc2ccccc21)NCc1ccc(C)c(F)c1. The molecule has 0 aliphatic carbocycles. The zero-order valence-corrected chi connectivity index (χ0v) is 15.2. The summed E-state index contributed by atoms with van der Waals surface area (Å²) in [6.45, 7) is 3.96. The molecule has 6 heteroatoms. The minimum atomic E-state index is -0.181. The molecule has 136 valence electrons. The number of para-hydroxylation sites is 2. The lowest BCUT2D eigenvalue weighted by Crippen LogP contribution is -2.37. The van der Waals surface area contributed by atoms with Crippen LogP contribution in [0, 0.1) is 12.7 Å². The molecule has 1 aromatic heterocycles. The maximum absolute atomic E-state index is 13.6. The Kier molecular flexibility index (Phi) is 5.84. The zero-order chi connectivity index (χ0) is 18.4. The number of hydrogen-bond donors (Lipinski definition) is 2. The first-order valence-corrected chi connectivity index (χ1v) is 8.77. The van der Waals surface area contributed by atoms with Crippen LogP contribution in [0.4, 0.5) is 4.39 Å². The number of benzene rings is 2. The van der Waals surface area contributed by atoms with E-state index in [9.17, 15) is 4.39 Å². The van der Waals surface area contributed by atoms with Gasteiger partial charge in [-0.15, -0.1) is 0 Å². The maximum Gasteiger partial charge on any atom is 0.191 e. The van der Waals surface area contributed by atoms with Gasteiger partial charge in [-0.2, -0.15) is 0 Å². The minimum Gasteiger partial charge on any atom is -0.356 e. The van der Waals surface area contributed by atoms with E-state index in [1.807, 2.05) is 30.6 Å². The van der Waals surface area contributed by atoms with Crippen molar-refractivity contribution in [3.8, 4) is 0 Å². The molecule has 0 amide bonds. The molecule has 5 nitrogen and oxygen atoms in total. The second-order valence-electron chi connectivity index (χ2n) is 6.22. The first-order chi connectivity index (χ1) is 12.7. The molecule has 0 spiro atoms. The van der Waals surface area contributed by atoms with E-state index in [2.05, 4.69) is 31.2 Å². The largest absolute Gasteiger partial charge is 0.356 e. The molecule has 2 aromatic carbocycles. The third-order valence-corrected chi connectivity index (χ3v) is 4.32. The highest BCUT2D eigenvalue weighted by molar-refractivity contribution is 5.79. The van der Waals surface area contributed by atoms with Crippen molar-refractivity contribution in [3.05, 3.63) is 65.7 Å². The number of nitrogens with one attached hydrogen (secondary N) is 2. The van der Waals surface area contributed by atoms with Gasteiger partial charge >= 0.3 is 0 Å². The van der Waals surface area contributed by atoms with Crippen molar-refractivity contribution in [2.75, 3.05) is 13.6 Å². The number of halogens is 1. The van der Waals surface area contributed by atoms with E-state index in [0.717, 1.165) is 36.1 Å². The quantitative estimate of drug-likeness (QED) is 0.406. The van der Waals surface area contributed by atoms with Gasteiger partial charge in [-0.3, -0.25) is 4.99 Å². The van der Waals surface area contributed by atoms with Crippen molar-refractivity contribution < 1.29 is 4.39 Å². The van der Waals surface area contributed by atoms with Crippen LogP contribution in [0.1, 0.15) is 17.5 Å². The van der Waals surface area contributed by atoms with Crippen LogP contribution in [-0.4, -0.2) is 29.1 Å². The summed E-state index contributed by atoms with van der Waals surface area (Å²) >= 11 is 0. The standard InChI is InChI=1S/C20H24FN5/c1-15-8-9-16(12-17(15)21)13-24-20(22-2)23-10-5-11-26-14-25-18-6-3-4-7-19(18)26/h3-4,6-9,12,14H,5,10-11,13H2,1-2H3,(H2,22,23,24). The maximum atomic E-state index is 13.6. The Morgan fingerprint density at radius 2 is 2.04 bits per heavy atom. The molecule has 0 bridgehead atoms. The fraction of sp³-hybridized carbons (Fsp3) is 0.300. The molecule has 26 heavy (non-hydrogen) atoms. The molecule has 2 N–H and O–H groups in total. The first kappa shape index (κ1) is 17.9. The van der Waals surface area contributed by atoms with Gasteiger partial charge in [0.2, 0.25) is 0 Å². The fourth-order valence-corrected chi connectivity index (χ4v) is 2.80. The minimum absolute atomic E-state index is 0.181. The van der Waals surface area contributed by atoms with Crippen LogP contribution in [-0.2, 0) is 13.1 Å². The summed E-state index contributed by atoms with van der Waals surface area (Å²) in [4.78, 5) is 8.61. The summed E-state index contributed by atoms with van der Waals surface area (Å²) in [7, 11) is 1.73. The summed E-state index contributed by atoms with van der Waals surface area (Å²) in [5.74, 6) is 0.529. The Bertz CT molecular complexity index is 900. The lowest BCUT2D eigenvalue weighted by atomic mass is 10.1. The second-order valence-corrected chi connectivity index (χ2v) is 6.22.